The molecule has 0 aromatic heterocycles. The minimum atomic E-state index is -0.778. The Morgan fingerprint density at radius 1 is 0.263 bits per heavy atom. The second-order valence-electron chi connectivity index (χ2n) is 22.7. The maximum absolute atomic E-state index is 12.9. The smallest absolute Gasteiger partial charge is 0.306 e. The van der Waals surface area contributed by atoms with E-state index in [-0.39, 0.29) is 31.1 Å². The number of carbonyl (C=O) groups is 3. The fourth-order valence-electron chi connectivity index (χ4n) is 9.98. The first-order valence-electron chi connectivity index (χ1n) is 33.6. The summed E-state index contributed by atoms with van der Waals surface area (Å²) in [4.78, 5) is 38.4. The maximum Gasteiger partial charge on any atom is 0.306 e. The Morgan fingerprint density at radius 2 is 0.474 bits per heavy atom. The first-order chi connectivity index (χ1) is 37.5. The maximum atomic E-state index is 12.9. The molecule has 0 rings (SSSR count). The molecule has 0 saturated carbocycles. The van der Waals surface area contributed by atoms with Gasteiger partial charge in [0.25, 0.3) is 0 Å². The second kappa shape index (κ2) is 64.9. The molecule has 0 saturated heterocycles. The lowest BCUT2D eigenvalue weighted by Gasteiger charge is -2.18. The van der Waals surface area contributed by atoms with Crippen molar-refractivity contribution >= 4 is 17.9 Å². The van der Waals surface area contributed by atoms with E-state index in [0.29, 0.717) is 19.3 Å². The molecule has 76 heavy (non-hydrogen) atoms. The van der Waals surface area contributed by atoms with Crippen LogP contribution in [0.2, 0.25) is 0 Å². The predicted octanol–water partition coefficient (Wildman–Crippen LogP) is 22.9. The lowest BCUT2D eigenvalue weighted by Crippen LogP contribution is -2.30. The third-order valence-electron chi connectivity index (χ3n) is 15.1. The molecule has 6 heteroatoms. The Hall–Kier alpha value is -2.63. The van der Waals surface area contributed by atoms with E-state index in [0.717, 1.165) is 83.5 Å². The Bertz CT molecular complexity index is 1310. The van der Waals surface area contributed by atoms with E-state index in [1.165, 1.54) is 238 Å². The fourth-order valence-corrected chi connectivity index (χ4v) is 9.98. The standard InChI is InChI=1S/C70H128O6/c1-4-7-10-13-16-19-22-25-28-31-32-33-34-35-36-37-38-40-42-45-48-51-54-57-60-63-69(72)75-66-67(65-74-68(71)62-59-56-53-50-47-44-41-30-27-24-21-18-15-12-9-6-3)76-70(73)64-61-58-55-52-49-46-43-39-29-26-23-20-17-14-11-8-5-2/h21-22,24-25,30-32,41,67H,4-20,23,26-29,33-40,42-66H2,1-3H3/b24-21-,25-22-,32-31-,41-30-. The van der Waals surface area contributed by atoms with Crippen LogP contribution in [-0.4, -0.2) is 37.2 Å². The number of carbonyl (C=O) groups excluding carboxylic acids is 3. The number of hydrogen-bond acceptors (Lipinski definition) is 6. The highest BCUT2D eigenvalue weighted by molar-refractivity contribution is 5.71. The topological polar surface area (TPSA) is 78.9 Å². The van der Waals surface area contributed by atoms with Gasteiger partial charge in [-0.1, -0.05) is 307 Å². The molecule has 6 nitrogen and oxygen atoms in total. The summed E-state index contributed by atoms with van der Waals surface area (Å²) in [6.45, 7) is 6.66. The summed E-state index contributed by atoms with van der Waals surface area (Å²) >= 11 is 0. The summed E-state index contributed by atoms with van der Waals surface area (Å²) in [6.07, 6.45) is 81.2. The van der Waals surface area contributed by atoms with Crippen molar-refractivity contribution in [3.63, 3.8) is 0 Å². The van der Waals surface area contributed by atoms with Gasteiger partial charge >= 0.3 is 17.9 Å². The number of allylic oxidation sites excluding steroid dienone is 8. The summed E-state index contributed by atoms with van der Waals surface area (Å²) in [5.41, 5.74) is 0. The van der Waals surface area contributed by atoms with Crippen molar-refractivity contribution in [2.45, 2.75) is 367 Å². The summed E-state index contributed by atoms with van der Waals surface area (Å²) in [5.74, 6) is -0.864. The van der Waals surface area contributed by atoms with Crippen LogP contribution in [0.3, 0.4) is 0 Å². The molecular formula is C70H128O6. The van der Waals surface area contributed by atoms with E-state index < -0.39 is 6.10 Å². The molecule has 1 atom stereocenters. The van der Waals surface area contributed by atoms with Crippen LogP contribution in [0.1, 0.15) is 361 Å². The van der Waals surface area contributed by atoms with Gasteiger partial charge in [-0.25, -0.2) is 0 Å². The first-order valence-corrected chi connectivity index (χ1v) is 33.6. The van der Waals surface area contributed by atoms with Crippen LogP contribution in [0.25, 0.3) is 0 Å². The van der Waals surface area contributed by atoms with Gasteiger partial charge in [-0.15, -0.1) is 0 Å². The zero-order chi connectivity index (χ0) is 55.0. The van der Waals surface area contributed by atoms with E-state index >= 15 is 0 Å². The number of ether oxygens (including phenoxy) is 3. The molecule has 1 unspecified atom stereocenters. The van der Waals surface area contributed by atoms with Gasteiger partial charge in [0.15, 0.2) is 6.10 Å². The van der Waals surface area contributed by atoms with E-state index in [1.807, 2.05) is 0 Å². The van der Waals surface area contributed by atoms with Gasteiger partial charge in [0, 0.05) is 19.3 Å². The molecule has 0 aromatic rings. The van der Waals surface area contributed by atoms with Crippen LogP contribution in [0, 0.1) is 0 Å². The van der Waals surface area contributed by atoms with Crippen LogP contribution in [0.4, 0.5) is 0 Å². The number of rotatable bonds is 62. The largest absolute Gasteiger partial charge is 0.462 e. The molecule has 0 aliphatic heterocycles. The highest BCUT2D eigenvalue weighted by atomic mass is 16.6. The van der Waals surface area contributed by atoms with E-state index in [4.69, 9.17) is 14.2 Å². The minimum Gasteiger partial charge on any atom is -0.462 e. The van der Waals surface area contributed by atoms with Crippen molar-refractivity contribution in [1.82, 2.24) is 0 Å². The summed E-state index contributed by atoms with van der Waals surface area (Å²) in [5, 5.41) is 0. The highest BCUT2D eigenvalue weighted by Gasteiger charge is 2.19. The van der Waals surface area contributed by atoms with Crippen molar-refractivity contribution in [2.75, 3.05) is 13.2 Å². The molecule has 0 amide bonds. The van der Waals surface area contributed by atoms with Crippen molar-refractivity contribution < 1.29 is 28.6 Å². The zero-order valence-corrected chi connectivity index (χ0v) is 51.0. The molecule has 0 N–H and O–H groups in total. The molecule has 0 spiro atoms. The van der Waals surface area contributed by atoms with Gasteiger partial charge in [0.05, 0.1) is 0 Å². The van der Waals surface area contributed by atoms with Crippen molar-refractivity contribution in [2.24, 2.45) is 0 Å². The Morgan fingerprint density at radius 3 is 0.737 bits per heavy atom. The Balaban J connectivity index is 4.29. The van der Waals surface area contributed by atoms with Gasteiger partial charge in [0.2, 0.25) is 0 Å². The molecule has 0 fully saturated rings. The summed E-state index contributed by atoms with van der Waals surface area (Å²) in [7, 11) is 0. The van der Waals surface area contributed by atoms with E-state index in [9.17, 15) is 14.4 Å². The average molecular weight is 1070 g/mol. The summed E-state index contributed by atoms with van der Waals surface area (Å²) < 4.78 is 17.0. The quantitative estimate of drug-likeness (QED) is 0.0261. The molecule has 0 heterocycles. The molecule has 0 aromatic carbocycles. The lowest BCUT2D eigenvalue weighted by atomic mass is 10.0. The van der Waals surface area contributed by atoms with Crippen LogP contribution in [-0.2, 0) is 28.6 Å². The third-order valence-corrected chi connectivity index (χ3v) is 15.1. The van der Waals surface area contributed by atoms with E-state index in [1.54, 1.807) is 0 Å². The number of hydrogen-bond donors (Lipinski definition) is 0. The molecule has 0 bridgehead atoms. The number of esters is 3. The third kappa shape index (κ3) is 62.2. The minimum absolute atomic E-state index is 0.0739. The fraction of sp³-hybridized carbons (Fsp3) is 0.843. The average Bonchev–Trinajstić information content (AvgIpc) is 3.42. The SMILES string of the molecule is CCCCCC/C=C\C/C=C\CCCCCCCC(=O)OCC(COC(=O)CCCCCCCCCCCCCCC/C=C\C/C=C\CCCCCCC)OC(=O)CCCCCCCCCCCCCCCCCCC. The normalized spacial score (nSPS) is 12.3. The monoisotopic (exact) mass is 1060 g/mol. The van der Waals surface area contributed by atoms with Crippen LogP contribution in [0.5, 0.6) is 0 Å². The summed E-state index contributed by atoms with van der Waals surface area (Å²) in [6, 6.07) is 0. The van der Waals surface area contributed by atoms with Gasteiger partial charge in [0.1, 0.15) is 13.2 Å². The lowest BCUT2D eigenvalue weighted by molar-refractivity contribution is -0.167. The Kier molecular flexibility index (Phi) is 62.6. The van der Waals surface area contributed by atoms with Gasteiger partial charge < -0.3 is 14.2 Å². The zero-order valence-electron chi connectivity index (χ0n) is 51.0. The molecule has 0 aliphatic rings. The second-order valence-corrected chi connectivity index (χ2v) is 22.7. The highest BCUT2D eigenvalue weighted by Crippen LogP contribution is 2.18. The molecule has 444 valence electrons. The molecule has 0 radical (unpaired) electrons. The van der Waals surface area contributed by atoms with Crippen molar-refractivity contribution in [1.29, 1.82) is 0 Å². The van der Waals surface area contributed by atoms with Crippen molar-refractivity contribution in [3.8, 4) is 0 Å². The predicted molar refractivity (Wildman–Crippen MR) is 330 cm³/mol. The van der Waals surface area contributed by atoms with Crippen LogP contribution in [0.15, 0.2) is 48.6 Å². The molecular weight excluding hydrogens is 937 g/mol. The van der Waals surface area contributed by atoms with Gasteiger partial charge in [-0.3, -0.25) is 14.4 Å². The number of unbranched alkanes of at least 4 members (excludes halogenated alkanes) is 43. The van der Waals surface area contributed by atoms with E-state index in [2.05, 4.69) is 69.4 Å². The van der Waals surface area contributed by atoms with Gasteiger partial charge in [-0.05, 0) is 83.5 Å². The van der Waals surface area contributed by atoms with Crippen molar-refractivity contribution in [3.05, 3.63) is 48.6 Å². The van der Waals surface area contributed by atoms with Crippen LogP contribution < -0.4 is 0 Å². The Labute approximate surface area is 473 Å². The van der Waals surface area contributed by atoms with Crippen LogP contribution >= 0.6 is 0 Å². The first kappa shape index (κ1) is 73.4. The van der Waals surface area contributed by atoms with Gasteiger partial charge in [-0.2, -0.15) is 0 Å². The molecule has 0 aliphatic carbocycles.